The molecule has 0 saturated heterocycles. The molecular formula is C22H21N3O4S2. The summed E-state index contributed by atoms with van der Waals surface area (Å²) in [5.41, 5.74) is 2.02. The average Bonchev–Trinajstić information content (AvgIpc) is 3.13. The molecule has 1 aromatic heterocycles. The summed E-state index contributed by atoms with van der Waals surface area (Å²) in [5.74, 6) is -0.146. The van der Waals surface area contributed by atoms with Crippen molar-refractivity contribution >= 4 is 45.7 Å². The number of aromatic nitrogens is 1. The van der Waals surface area contributed by atoms with Gasteiger partial charge in [-0.15, -0.1) is 0 Å². The van der Waals surface area contributed by atoms with Crippen molar-refractivity contribution in [3.8, 4) is 5.75 Å². The number of aryl methyl sites for hydroxylation is 1. The number of carbonyl (C=O) groups excluding carboxylic acids is 2. The Morgan fingerprint density at radius 2 is 1.81 bits per heavy atom. The van der Waals surface area contributed by atoms with Gasteiger partial charge in [0.2, 0.25) is 0 Å². The molecule has 0 fully saturated rings. The molecular weight excluding hydrogens is 434 g/mol. The second-order valence-electron chi connectivity index (χ2n) is 6.36. The van der Waals surface area contributed by atoms with Gasteiger partial charge >= 0.3 is 5.97 Å². The number of nitrogens with one attached hydrogen (secondary N) is 2. The van der Waals surface area contributed by atoms with Crippen molar-refractivity contribution in [1.82, 2.24) is 10.3 Å². The third kappa shape index (κ3) is 6.34. The molecule has 2 N–H and O–H groups in total. The zero-order chi connectivity index (χ0) is 22.2. The lowest BCUT2D eigenvalue weighted by atomic mass is 10.2. The van der Waals surface area contributed by atoms with Gasteiger partial charge in [0.25, 0.3) is 5.91 Å². The van der Waals surface area contributed by atoms with E-state index in [9.17, 15) is 9.59 Å². The van der Waals surface area contributed by atoms with Gasteiger partial charge in [0, 0.05) is 5.56 Å². The van der Waals surface area contributed by atoms with Crippen LogP contribution in [0.3, 0.4) is 0 Å². The Labute approximate surface area is 189 Å². The van der Waals surface area contributed by atoms with E-state index >= 15 is 0 Å². The van der Waals surface area contributed by atoms with Crippen LogP contribution < -0.4 is 15.4 Å². The SMILES string of the molecule is CCOC(=O)c1sc(NC(=S)NC(=O)c2ccc(OCc3ccccc3)cc2)nc1C. The van der Waals surface area contributed by atoms with Crippen LogP contribution >= 0.6 is 23.6 Å². The molecule has 0 saturated carbocycles. The predicted molar refractivity (Wildman–Crippen MR) is 124 cm³/mol. The molecule has 0 aliphatic heterocycles. The van der Waals surface area contributed by atoms with Crippen LogP contribution in [0.5, 0.6) is 5.75 Å². The summed E-state index contributed by atoms with van der Waals surface area (Å²) in [6, 6.07) is 16.6. The van der Waals surface area contributed by atoms with Gasteiger partial charge in [0.05, 0.1) is 12.3 Å². The summed E-state index contributed by atoms with van der Waals surface area (Å²) in [6.45, 7) is 4.17. The van der Waals surface area contributed by atoms with E-state index in [1.807, 2.05) is 30.3 Å². The second-order valence-corrected chi connectivity index (χ2v) is 7.77. The van der Waals surface area contributed by atoms with Gasteiger partial charge in [0.1, 0.15) is 17.2 Å². The first kappa shape index (κ1) is 22.4. The van der Waals surface area contributed by atoms with Crippen LogP contribution in [0.25, 0.3) is 0 Å². The molecule has 0 atom stereocenters. The van der Waals surface area contributed by atoms with Crippen molar-refractivity contribution in [3.63, 3.8) is 0 Å². The molecule has 0 unspecified atom stereocenters. The van der Waals surface area contributed by atoms with E-state index in [2.05, 4.69) is 15.6 Å². The minimum atomic E-state index is -0.435. The summed E-state index contributed by atoms with van der Waals surface area (Å²) < 4.78 is 10.7. The van der Waals surface area contributed by atoms with Crippen LogP contribution in [0, 0.1) is 6.92 Å². The molecule has 160 valence electrons. The Morgan fingerprint density at radius 1 is 1.10 bits per heavy atom. The minimum absolute atomic E-state index is 0.0820. The van der Waals surface area contributed by atoms with E-state index in [1.165, 1.54) is 0 Å². The maximum atomic E-state index is 12.4. The van der Waals surface area contributed by atoms with Gasteiger partial charge in [-0.3, -0.25) is 10.1 Å². The van der Waals surface area contributed by atoms with E-state index in [4.69, 9.17) is 21.7 Å². The van der Waals surface area contributed by atoms with E-state index in [1.54, 1.807) is 38.1 Å². The fourth-order valence-electron chi connectivity index (χ4n) is 2.58. The number of esters is 1. The first-order valence-corrected chi connectivity index (χ1v) is 10.7. The number of rotatable bonds is 7. The van der Waals surface area contributed by atoms with Gasteiger partial charge in [-0.25, -0.2) is 9.78 Å². The molecule has 3 rings (SSSR count). The minimum Gasteiger partial charge on any atom is -0.489 e. The monoisotopic (exact) mass is 455 g/mol. The predicted octanol–water partition coefficient (Wildman–Crippen LogP) is 4.33. The lowest BCUT2D eigenvalue weighted by molar-refractivity contribution is 0.0531. The fraction of sp³-hybridized carbons (Fsp3) is 0.182. The van der Waals surface area contributed by atoms with Crippen molar-refractivity contribution in [2.75, 3.05) is 11.9 Å². The Bertz CT molecular complexity index is 1070. The molecule has 9 heteroatoms. The van der Waals surface area contributed by atoms with Gasteiger partial charge in [0.15, 0.2) is 10.2 Å². The summed E-state index contributed by atoms with van der Waals surface area (Å²) in [4.78, 5) is 29.0. The smallest absolute Gasteiger partial charge is 0.350 e. The van der Waals surface area contributed by atoms with E-state index < -0.39 is 5.97 Å². The number of thiazole rings is 1. The van der Waals surface area contributed by atoms with Gasteiger partial charge in [-0.05, 0) is 55.9 Å². The summed E-state index contributed by atoms with van der Waals surface area (Å²) in [6.07, 6.45) is 0. The van der Waals surface area contributed by atoms with Crippen molar-refractivity contribution < 1.29 is 19.1 Å². The van der Waals surface area contributed by atoms with Crippen LogP contribution in [-0.4, -0.2) is 28.6 Å². The largest absolute Gasteiger partial charge is 0.489 e. The van der Waals surface area contributed by atoms with E-state index in [0.717, 1.165) is 16.9 Å². The summed E-state index contributed by atoms with van der Waals surface area (Å²) in [7, 11) is 0. The van der Waals surface area contributed by atoms with Gasteiger partial charge in [-0.2, -0.15) is 0 Å². The molecule has 0 spiro atoms. The normalized spacial score (nSPS) is 10.3. The maximum absolute atomic E-state index is 12.4. The van der Waals surface area contributed by atoms with E-state index in [0.29, 0.717) is 33.6 Å². The van der Waals surface area contributed by atoms with Crippen molar-refractivity contribution in [3.05, 3.63) is 76.3 Å². The Morgan fingerprint density at radius 3 is 2.48 bits per heavy atom. The van der Waals surface area contributed by atoms with E-state index in [-0.39, 0.29) is 17.6 Å². The first-order chi connectivity index (χ1) is 15.0. The molecule has 7 nitrogen and oxygen atoms in total. The van der Waals surface area contributed by atoms with Crippen LogP contribution in [0.1, 0.15) is 38.2 Å². The lowest BCUT2D eigenvalue weighted by Gasteiger charge is -2.09. The second kappa shape index (κ2) is 10.6. The third-order valence-corrected chi connectivity index (χ3v) is 5.33. The standard InChI is InChI=1S/C22H21N3O4S2/c1-3-28-20(27)18-14(2)23-22(31-18)25-21(30)24-19(26)16-9-11-17(12-10-16)29-13-15-7-5-4-6-8-15/h4-12H,3,13H2,1-2H3,(H2,23,24,25,26,30). The zero-order valence-electron chi connectivity index (χ0n) is 17.0. The van der Waals surface area contributed by atoms with Gasteiger partial charge < -0.3 is 14.8 Å². The molecule has 31 heavy (non-hydrogen) atoms. The highest BCUT2D eigenvalue weighted by Gasteiger charge is 2.17. The molecule has 1 amide bonds. The number of amides is 1. The number of nitrogens with zero attached hydrogens (tertiary/aromatic N) is 1. The molecule has 1 heterocycles. The molecule has 0 radical (unpaired) electrons. The Kier molecular flexibility index (Phi) is 7.69. The van der Waals surface area contributed by atoms with Crippen LogP contribution in [-0.2, 0) is 11.3 Å². The topological polar surface area (TPSA) is 89.6 Å². The number of hydrogen-bond donors (Lipinski definition) is 2. The number of benzene rings is 2. The highest BCUT2D eigenvalue weighted by atomic mass is 32.1. The quantitative estimate of drug-likeness (QED) is 0.405. The molecule has 2 aromatic carbocycles. The Balaban J connectivity index is 1.53. The van der Waals surface area contributed by atoms with Crippen molar-refractivity contribution in [2.45, 2.75) is 20.5 Å². The number of anilines is 1. The zero-order valence-corrected chi connectivity index (χ0v) is 18.6. The molecule has 3 aromatic rings. The number of carbonyl (C=O) groups is 2. The van der Waals surface area contributed by atoms with Crippen LogP contribution in [0.15, 0.2) is 54.6 Å². The summed E-state index contributed by atoms with van der Waals surface area (Å²) in [5, 5.41) is 5.90. The Hall–Kier alpha value is -3.30. The van der Waals surface area contributed by atoms with Crippen LogP contribution in [0.4, 0.5) is 5.13 Å². The average molecular weight is 456 g/mol. The highest BCUT2D eigenvalue weighted by Crippen LogP contribution is 2.23. The van der Waals surface area contributed by atoms with Gasteiger partial charge in [-0.1, -0.05) is 41.7 Å². The lowest BCUT2D eigenvalue weighted by Crippen LogP contribution is -2.34. The first-order valence-electron chi connectivity index (χ1n) is 9.50. The number of hydrogen-bond acceptors (Lipinski definition) is 7. The molecule has 0 aliphatic rings. The van der Waals surface area contributed by atoms with Crippen molar-refractivity contribution in [2.24, 2.45) is 0 Å². The highest BCUT2D eigenvalue weighted by molar-refractivity contribution is 7.80. The number of thiocarbonyl (C=S) groups is 1. The fourth-order valence-corrected chi connectivity index (χ4v) is 3.70. The molecule has 0 aliphatic carbocycles. The third-order valence-electron chi connectivity index (χ3n) is 4.07. The molecule has 0 bridgehead atoms. The van der Waals surface area contributed by atoms with Crippen LogP contribution in [0.2, 0.25) is 0 Å². The number of ether oxygens (including phenoxy) is 2. The van der Waals surface area contributed by atoms with Crippen molar-refractivity contribution in [1.29, 1.82) is 0 Å². The maximum Gasteiger partial charge on any atom is 0.350 e. The summed E-state index contributed by atoms with van der Waals surface area (Å²) >= 11 is 6.30.